The van der Waals surface area contributed by atoms with Gasteiger partial charge in [-0.15, -0.1) is 0 Å². The Kier molecular flexibility index (Phi) is 8.59. The number of carbonyl (C=O) groups is 1. The Morgan fingerprint density at radius 1 is 1.17 bits per heavy atom. The van der Waals surface area contributed by atoms with E-state index in [9.17, 15) is 4.79 Å². The summed E-state index contributed by atoms with van der Waals surface area (Å²) in [7, 11) is 2.14. The van der Waals surface area contributed by atoms with Crippen molar-refractivity contribution in [3.05, 3.63) is 28.8 Å². The second-order valence-electron chi connectivity index (χ2n) is 8.37. The van der Waals surface area contributed by atoms with Gasteiger partial charge in [-0.2, -0.15) is 0 Å². The first-order valence-electron chi connectivity index (χ1n) is 10.2. The van der Waals surface area contributed by atoms with Crippen LogP contribution in [0.2, 0.25) is 5.02 Å². The lowest BCUT2D eigenvalue weighted by Crippen LogP contribution is -2.48. The molecule has 0 bridgehead atoms. The van der Waals surface area contributed by atoms with Gasteiger partial charge >= 0.3 is 0 Å². The minimum Gasteiger partial charge on any atom is -0.369 e. The van der Waals surface area contributed by atoms with Gasteiger partial charge in [0.2, 0.25) is 5.91 Å². The van der Waals surface area contributed by atoms with Gasteiger partial charge < -0.3 is 25.8 Å². The number of benzene rings is 1. The molecular formula is C21H35ClN6O. The van der Waals surface area contributed by atoms with Crippen molar-refractivity contribution in [2.45, 2.75) is 39.8 Å². The zero-order valence-corrected chi connectivity index (χ0v) is 19.1. The number of rotatable bonds is 6. The molecular weight excluding hydrogens is 388 g/mol. The summed E-state index contributed by atoms with van der Waals surface area (Å²) in [6.45, 7) is 13.2. The van der Waals surface area contributed by atoms with E-state index in [0.29, 0.717) is 24.1 Å². The molecule has 1 aliphatic heterocycles. The molecule has 1 saturated heterocycles. The van der Waals surface area contributed by atoms with Crippen LogP contribution in [0.4, 0.5) is 5.69 Å². The standard InChI is InChI=1S/C21H35ClN6O/c1-6-23-20(25-15-19(29)26-21(2,3)4)24-14-16-17(22)8-7-9-18(16)28-12-10-27(5)11-13-28/h7-9H,6,10-15H2,1-5H3,(H,26,29)(H2,23,24,25). The number of hydrogen-bond acceptors (Lipinski definition) is 4. The van der Waals surface area contributed by atoms with Gasteiger partial charge in [-0.05, 0) is 46.9 Å². The highest BCUT2D eigenvalue weighted by Gasteiger charge is 2.18. The van der Waals surface area contributed by atoms with Crippen LogP contribution in [-0.4, -0.2) is 68.6 Å². The SMILES string of the molecule is CCNC(=NCc1c(Cl)cccc1N1CCN(C)CC1)NCC(=O)NC(C)(C)C. The quantitative estimate of drug-likeness (QED) is 0.483. The third-order valence-electron chi connectivity index (χ3n) is 4.61. The molecule has 0 aliphatic carbocycles. The van der Waals surface area contributed by atoms with E-state index in [1.54, 1.807) is 0 Å². The molecule has 7 nitrogen and oxygen atoms in total. The van der Waals surface area contributed by atoms with E-state index >= 15 is 0 Å². The molecule has 1 fully saturated rings. The second-order valence-corrected chi connectivity index (χ2v) is 8.78. The smallest absolute Gasteiger partial charge is 0.239 e. The van der Waals surface area contributed by atoms with Crippen molar-refractivity contribution in [1.29, 1.82) is 0 Å². The molecule has 0 unspecified atom stereocenters. The van der Waals surface area contributed by atoms with E-state index in [2.05, 4.69) is 43.9 Å². The molecule has 1 amide bonds. The zero-order valence-electron chi connectivity index (χ0n) is 18.3. The Morgan fingerprint density at radius 2 is 1.86 bits per heavy atom. The van der Waals surface area contributed by atoms with Crippen LogP contribution in [0.5, 0.6) is 0 Å². The fraction of sp³-hybridized carbons (Fsp3) is 0.619. The molecule has 29 heavy (non-hydrogen) atoms. The predicted molar refractivity (Wildman–Crippen MR) is 122 cm³/mol. The van der Waals surface area contributed by atoms with Crippen molar-refractivity contribution < 1.29 is 4.79 Å². The fourth-order valence-corrected chi connectivity index (χ4v) is 3.40. The molecule has 8 heteroatoms. The molecule has 1 aliphatic rings. The van der Waals surface area contributed by atoms with Crippen LogP contribution in [0.3, 0.4) is 0 Å². The van der Waals surface area contributed by atoms with Crippen LogP contribution in [0, 0.1) is 0 Å². The van der Waals surface area contributed by atoms with E-state index in [1.165, 1.54) is 0 Å². The lowest BCUT2D eigenvalue weighted by Gasteiger charge is -2.35. The number of piperazine rings is 1. The molecule has 0 spiro atoms. The Balaban J connectivity index is 2.09. The Bertz CT molecular complexity index is 708. The van der Waals surface area contributed by atoms with Crippen molar-refractivity contribution in [2.75, 3.05) is 51.2 Å². The second kappa shape index (κ2) is 10.7. The number of amides is 1. The van der Waals surface area contributed by atoms with Crippen LogP contribution < -0.4 is 20.9 Å². The number of anilines is 1. The highest BCUT2D eigenvalue weighted by atomic mass is 35.5. The molecule has 3 N–H and O–H groups in total. The highest BCUT2D eigenvalue weighted by Crippen LogP contribution is 2.29. The fourth-order valence-electron chi connectivity index (χ4n) is 3.17. The molecule has 0 aromatic heterocycles. The van der Waals surface area contributed by atoms with Crippen LogP contribution in [0.15, 0.2) is 23.2 Å². The Labute approximate surface area is 179 Å². The Morgan fingerprint density at radius 3 is 2.48 bits per heavy atom. The summed E-state index contributed by atoms with van der Waals surface area (Å²) >= 11 is 6.53. The maximum absolute atomic E-state index is 12.1. The van der Waals surface area contributed by atoms with E-state index in [1.807, 2.05) is 39.8 Å². The first kappa shape index (κ1) is 23.3. The number of likely N-dealkylation sites (N-methyl/N-ethyl adjacent to an activating group) is 1. The summed E-state index contributed by atoms with van der Waals surface area (Å²) in [6, 6.07) is 6.01. The molecule has 0 atom stereocenters. The van der Waals surface area contributed by atoms with Gasteiger partial charge in [-0.3, -0.25) is 4.79 Å². The molecule has 1 aromatic carbocycles. The van der Waals surface area contributed by atoms with Crippen LogP contribution in [-0.2, 0) is 11.3 Å². The number of aliphatic imine (C=N–C) groups is 1. The molecule has 162 valence electrons. The normalized spacial score (nSPS) is 15.9. The first-order chi connectivity index (χ1) is 13.7. The predicted octanol–water partition coefficient (Wildman–Crippen LogP) is 2.06. The van der Waals surface area contributed by atoms with Gasteiger partial charge in [0.05, 0.1) is 13.1 Å². The van der Waals surface area contributed by atoms with Gasteiger partial charge in [-0.1, -0.05) is 17.7 Å². The first-order valence-corrected chi connectivity index (χ1v) is 10.6. The number of halogens is 1. The molecule has 2 rings (SSSR count). The summed E-state index contributed by atoms with van der Waals surface area (Å²) in [5.74, 6) is 0.528. The van der Waals surface area contributed by atoms with Gasteiger partial charge in [0.25, 0.3) is 0 Å². The summed E-state index contributed by atoms with van der Waals surface area (Å²) in [6.07, 6.45) is 0. The lowest BCUT2D eigenvalue weighted by atomic mass is 10.1. The number of nitrogens with one attached hydrogen (secondary N) is 3. The zero-order chi connectivity index (χ0) is 21.4. The number of hydrogen-bond donors (Lipinski definition) is 3. The average molecular weight is 423 g/mol. The maximum atomic E-state index is 12.1. The topological polar surface area (TPSA) is 72.0 Å². The average Bonchev–Trinajstić information content (AvgIpc) is 2.64. The summed E-state index contributed by atoms with van der Waals surface area (Å²) < 4.78 is 0. The van der Waals surface area contributed by atoms with E-state index in [-0.39, 0.29) is 18.0 Å². The highest BCUT2D eigenvalue weighted by molar-refractivity contribution is 6.31. The van der Waals surface area contributed by atoms with Crippen LogP contribution in [0.25, 0.3) is 0 Å². The number of nitrogens with zero attached hydrogens (tertiary/aromatic N) is 3. The third kappa shape index (κ3) is 7.74. The minimum atomic E-state index is -0.261. The van der Waals surface area contributed by atoms with Gasteiger partial charge in [0, 0.05) is 54.5 Å². The lowest BCUT2D eigenvalue weighted by molar-refractivity contribution is -0.121. The largest absolute Gasteiger partial charge is 0.369 e. The monoisotopic (exact) mass is 422 g/mol. The van der Waals surface area contributed by atoms with Crippen LogP contribution >= 0.6 is 11.6 Å². The molecule has 0 radical (unpaired) electrons. The van der Waals surface area contributed by atoms with Crippen molar-refractivity contribution in [3.8, 4) is 0 Å². The van der Waals surface area contributed by atoms with Gasteiger partial charge in [0.1, 0.15) is 0 Å². The van der Waals surface area contributed by atoms with Crippen molar-refractivity contribution in [3.63, 3.8) is 0 Å². The summed E-state index contributed by atoms with van der Waals surface area (Å²) in [4.78, 5) is 21.5. The van der Waals surface area contributed by atoms with Gasteiger partial charge in [-0.25, -0.2) is 4.99 Å². The molecule has 0 saturated carbocycles. The maximum Gasteiger partial charge on any atom is 0.239 e. The van der Waals surface area contributed by atoms with Crippen molar-refractivity contribution in [1.82, 2.24) is 20.9 Å². The third-order valence-corrected chi connectivity index (χ3v) is 4.96. The van der Waals surface area contributed by atoms with E-state index in [4.69, 9.17) is 11.6 Å². The van der Waals surface area contributed by atoms with Crippen molar-refractivity contribution >= 4 is 29.2 Å². The van der Waals surface area contributed by atoms with Gasteiger partial charge in [0.15, 0.2) is 5.96 Å². The Hall–Kier alpha value is -1.99. The van der Waals surface area contributed by atoms with Crippen molar-refractivity contribution in [2.24, 2.45) is 4.99 Å². The summed E-state index contributed by atoms with van der Waals surface area (Å²) in [5, 5.41) is 9.95. The van der Waals surface area contributed by atoms with E-state index in [0.717, 1.165) is 37.4 Å². The van der Waals surface area contributed by atoms with Crippen LogP contribution in [0.1, 0.15) is 33.3 Å². The molecule has 1 aromatic rings. The van der Waals surface area contributed by atoms with E-state index < -0.39 is 0 Å². The minimum absolute atomic E-state index is 0.0704. The number of guanidine groups is 1. The molecule has 1 heterocycles. The number of carbonyl (C=O) groups excluding carboxylic acids is 1. The summed E-state index contributed by atoms with van der Waals surface area (Å²) in [5.41, 5.74) is 1.88.